The lowest BCUT2D eigenvalue weighted by molar-refractivity contribution is -0.251. The van der Waals surface area contributed by atoms with Crippen molar-refractivity contribution in [3.05, 3.63) is 36.5 Å². The summed E-state index contributed by atoms with van der Waals surface area (Å²) in [4.78, 5) is 14.3. The van der Waals surface area contributed by atoms with Crippen molar-refractivity contribution >= 4 is 73.7 Å². The third-order valence-electron chi connectivity index (χ3n) is 14.6. The van der Waals surface area contributed by atoms with Crippen molar-refractivity contribution in [1.82, 2.24) is 0 Å². The number of rotatable bonds is 9. The highest BCUT2D eigenvalue weighted by Gasteiger charge is 2.59. The quantitative estimate of drug-likeness (QED) is 0.165. The zero-order valence-electron chi connectivity index (χ0n) is 36.1. The van der Waals surface area contributed by atoms with Crippen LogP contribution in [0.5, 0.6) is 0 Å². The first-order chi connectivity index (χ1) is 28.7. The minimum Gasteiger partial charge on any atom is -0.374 e. The van der Waals surface area contributed by atoms with Crippen molar-refractivity contribution in [3.8, 4) is 0 Å². The van der Waals surface area contributed by atoms with E-state index in [0.29, 0.717) is 31.1 Å². The van der Waals surface area contributed by atoms with Gasteiger partial charge in [0.15, 0.2) is 0 Å². The maximum atomic E-state index is 14.3. The normalized spacial score (nSPS) is 43.9. The summed E-state index contributed by atoms with van der Waals surface area (Å²) in [6, 6.07) is 0. The Morgan fingerprint density at radius 2 is 1.42 bits per heavy atom. The minimum absolute atomic E-state index is 0.0326. The largest absolute Gasteiger partial charge is 0.374 e. The molecule has 7 aliphatic heterocycles. The van der Waals surface area contributed by atoms with Crippen molar-refractivity contribution < 1.29 is 42.3 Å². The molecule has 7 heterocycles. The summed E-state index contributed by atoms with van der Waals surface area (Å²) in [6.07, 6.45) is 10.5. The van der Waals surface area contributed by atoms with E-state index in [-0.39, 0.29) is 103 Å². The molecule has 7 aliphatic rings. The van der Waals surface area contributed by atoms with Crippen molar-refractivity contribution in [2.45, 2.75) is 196 Å². The topological polar surface area (TPSA) is 90.9 Å². The SMILES string of the molecule is C=C1CCC2CC(=C)[C@H](CCC3C[C@@H](C)C(=C)[C@@H](CC4O[C@H](C[C@H](C)CCPP)[C@H](C)C4CC(=O)CC4CC[C@@H]5O[C@@H]6C(O[C@H](C1)[C@@H]6OP(P)P)[C@@H](OP(P)P)[C@H]5O4)O3)O2. The molecular formula is C43H74O9P8. The van der Waals surface area contributed by atoms with Crippen LogP contribution in [0.3, 0.4) is 0 Å². The molecule has 0 saturated carbocycles. The van der Waals surface area contributed by atoms with Gasteiger partial charge in [-0.25, -0.2) is 0 Å². The Bertz CT molecular complexity index is 1510. The number of ketones is 1. The lowest BCUT2D eigenvalue weighted by Crippen LogP contribution is -2.61. The number of carbonyl (C=O) groups is 1. The summed E-state index contributed by atoms with van der Waals surface area (Å²) in [6.45, 7) is 20.5. The molecule has 0 aromatic carbocycles. The maximum Gasteiger partial charge on any atom is 0.135 e. The Balaban J connectivity index is 1.14. The fraction of sp³-hybridized carbons (Fsp3) is 0.837. The molecule has 0 radical (unpaired) electrons. The van der Waals surface area contributed by atoms with E-state index in [1.54, 1.807) is 0 Å². The van der Waals surface area contributed by atoms with Gasteiger partial charge >= 0.3 is 0 Å². The first-order valence-corrected chi connectivity index (χ1v) is 34.5. The van der Waals surface area contributed by atoms with Crippen LogP contribution in [0.1, 0.15) is 111 Å². The smallest absolute Gasteiger partial charge is 0.135 e. The van der Waals surface area contributed by atoms with Gasteiger partial charge in [-0.05, 0) is 112 Å². The van der Waals surface area contributed by atoms with Gasteiger partial charge in [0.05, 0.1) is 70.0 Å². The molecule has 0 spiro atoms. The number of hydrogen-bond acceptors (Lipinski definition) is 9. The van der Waals surface area contributed by atoms with Crippen molar-refractivity contribution in [2.75, 3.05) is 6.16 Å². The fourth-order valence-electron chi connectivity index (χ4n) is 11.2. The van der Waals surface area contributed by atoms with E-state index in [4.69, 9.17) is 37.5 Å². The molecular weight excluding hydrogens is 908 g/mol. The van der Waals surface area contributed by atoms with Gasteiger partial charge in [0, 0.05) is 19.3 Å². The van der Waals surface area contributed by atoms with E-state index >= 15 is 0 Å². The molecule has 60 heavy (non-hydrogen) atoms. The summed E-state index contributed by atoms with van der Waals surface area (Å²) in [5, 5.41) is 0. The zero-order valence-corrected chi connectivity index (χ0v) is 44.6. The third kappa shape index (κ3) is 12.6. The monoisotopic (exact) mass is 982 g/mol. The van der Waals surface area contributed by atoms with Gasteiger partial charge < -0.3 is 37.5 Å². The van der Waals surface area contributed by atoms with Gasteiger partial charge in [-0.3, -0.25) is 4.79 Å². The van der Waals surface area contributed by atoms with Crippen LogP contribution in [0, 0.1) is 23.7 Å². The van der Waals surface area contributed by atoms with Crippen LogP contribution in [0.25, 0.3) is 0 Å². The van der Waals surface area contributed by atoms with Gasteiger partial charge in [-0.15, -0.1) is 17.2 Å². The van der Waals surface area contributed by atoms with Crippen LogP contribution in [-0.4, -0.2) is 97.4 Å². The molecule has 7 fully saturated rings. The van der Waals surface area contributed by atoms with Gasteiger partial charge in [-0.1, -0.05) is 81.8 Å². The molecule has 0 aliphatic carbocycles. The summed E-state index contributed by atoms with van der Waals surface area (Å²) in [5.74, 6) is 1.51. The Morgan fingerprint density at radius 1 is 0.733 bits per heavy atom. The second kappa shape index (κ2) is 22.9. The van der Waals surface area contributed by atoms with Crippen LogP contribution in [0.2, 0.25) is 0 Å². The van der Waals surface area contributed by atoms with Gasteiger partial charge in [0.1, 0.15) is 36.3 Å². The molecule has 0 amide bonds. The molecule has 340 valence electrons. The Morgan fingerprint density at radius 3 is 2.17 bits per heavy atom. The van der Waals surface area contributed by atoms with Crippen LogP contribution in [-0.2, 0) is 42.3 Å². The highest BCUT2D eigenvalue weighted by molar-refractivity contribution is 8.41. The Labute approximate surface area is 376 Å². The van der Waals surface area contributed by atoms with Gasteiger partial charge in [0.2, 0.25) is 0 Å². The fourth-order valence-corrected chi connectivity index (χ4v) is 15.1. The lowest BCUT2D eigenvalue weighted by atomic mass is 9.78. The van der Waals surface area contributed by atoms with Gasteiger partial charge in [0.25, 0.3) is 0 Å². The highest BCUT2D eigenvalue weighted by Crippen LogP contribution is 2.60. The first-order valence-electron chi connectivity index (χ1n) is 22.5. The molecule has 24 atom stereocenters. The summed E-state index contributed by atoms with van der Waals surface area (Å²) in [7, 11) is 13.2. The minimum atomic E-state index is -0.901. The summed E-state index contributed by atoms with van der Waals surface area (Å²) in [5.41, 5.74) is 3.45. The average Bonchev–Trinajstić information content (AvgIpc) is 3.81. The zero-order chi connectivity index (χ0) is 42.8. The standard InChI is InChI=1S/C43H74O9P8/c1-22-7-8-29-18-25(4)33(45-29)11-9-30-17-24(3)26(5)36(46-30)21-37-32(27(6)35(48-37)15-23(2)13-14-58-53)20-28(44)19-31-10-12-34-39(47-31)43(52-60(56)57)42-41(49-34)40(51-59(54)55)38(16-22)50-42/h23-24,27,29-43,58H,1,4-5,7-21,53-57H2,2-3,6H3/t23-,24-,27-,29?,30?,31?,32?,33+,34+,35-,36-,37?,38-,39+,40+,41+,42?,43+/m1/s1. The number of ether oxygens (including phenoxy) is 6. The van der Waals surface area contributed by atoms with E-state index < -0.39 is 15.1 Å². The Hall–Kier alpha value is 2.01. The number of carbonyl (C=O) groups excluding carboxylic acids is 1. The molecule has 17 heteroatoms. The molecule has 0 aromatic rings. The third-order valence-corrected chi connectivity index (χ3v) is 18.4. The summed E-state index contributed by atoms with van der Waals surface area (Å²) < 4.78 is 54.8. The van der Waals surface area contributed by atoms with E-state index in [2.05, 4.69) is 85.2 Å². The first kappa shape index (κ1) is 49.9. The molecule has 8 bridgehead atoms. The number of hydrogen-bond donors (Lipinski definition) is 0. The van der Waals surface area contributed by atoms with Crippen LogP contribution in [0.15, 0.2) is 36.5 Å². The van der Waals surface area contributed by atoms with Crippen LogP contribution < -0.4 is 0 Å². The van der Waals surface area contributed by atoms with Gasteiger partial charge in [-0.2, -0.15) is 0 Å². The molecule has 0 N–H and O–H groups in total. The van der Waals surface area contributed by atoms with Crippen molar-refractivity contribution in [1.29, 1.82) is 0 Å². The maximum absolute atomic E-state index is 14.3. The van der Waals surface area contributed by atoms with Crippen LogP contribution in [0.4, 0.5) is 0 Å². The molecule has 0 aromatic heterocycles. The summed E-state index contributed by atoms with van der Waals surface area (Å²) >= 11 is 0. The second-order valence-corrected chi connectivity index (χ2v) is 32.8. The number of Topliss-reactive ketones (excluding diaryl/α,β-unsaturated/α-hetero) is 1. The average molecular weight is 983 g/mol. The second-order valence-electron chi connectivity index (χ2n) is 19.1. The van der Waals surface area contributed by atoms with E-state index in [1.807, 2.05) is 0 Å². The van der Waals surface area contributed by atoms with Crippen molar-refractivity contribution in [3.63, 3.8) is 0 Å². The predicted molar refractivity (Wildman–Crippen MR) is 265 cm³/mol. The highest BCUT2D eigenvalue weighted by atomic mass is 32.4. The molecule has 12 unspecified atom stereocenters. The molecule has 9 nitrogen and oxygen atoms in total. The van der Waals surface area contributed by atoms with E-state index in [0.717, 1.165) is 83.6 Å². The van der Waals surface area contributed by atoms with Crippen LogP contribution >= 0.6 is 68.0 Å². The molecule has 7 saturated heterocycles. The predicted octanol–water partition coefficient (Wildman–Crippen LogP) is 11.0. The number of fused-ring (bicyclic) bond motifs is 7. The molecule has 7 rings (SSSR count). The van der Waals surface area contributed by atoms with Crippen molar-refractivity contribution in [2.24, 2.45) is 23.7 Å². The lowest BCUT2D eigenvalue weighted by Gasteiger charge is -2.48. The van der Waals surface area contributed by atoms with E-state index in [1.165, 1.54) is 18.2 Å². The Kier molecular flexibility index (Phi) is 19.0. The van der Waals surface area contributed by atoms with E-state index in [9.17, 15) is 4.79 Å².